The summed E-state index contributed by atoms with van der Waals surface area (Å²) in [6.45, 7) is 4.42. The summed E-state index contributed by atoms with van der Waals surface area (Å²) in [6, 6.07) is 0. The molecule has 16 heavy (non-hydrogen) atoms. The number of hydrogen-bond acceptors (Lipinski definition) is 5. The van der Waals surface area contributed by atoms with Gasteiger partial charge in [0.05, 0.1) is 17.9 Å². The quantitative estimate of drug-likeness (QED) is 0.743. The van der Waals surface area contributed by atoms with Gasteiger partial charge in [-0.15, -0.1) is 0 Å². The Balaban J connectivity index is 2.26. The Hall–Kier alpha value is -1.50. The van der Waals surface area contributed by atoms with Crippen molar-refractivity contribution in [3.8, 4) is 0 Å². The molecule has 0 bridgehead atoms. The first-order chi connectivity index (χ1) is 7.53. The van der Waals surface area contributed by atoms with Crippen molar-refractivity contribution in [3.63, 3.8) is 0 Å². The van der Waals surface area contributed by atoms with E-state index in [4.69, 9.17) is 0 Å². The van der Waals surface area contributed by atoms with Crippen LogP contribution >= 0.6 is 11.7 Å². The van der Waals surface area contributed by atoms with Crippen molar-refractivity contribution in [2.75, 3.05) is 13.1 Å². The Bertz CT molecular complexity index is 415. The third-order valence-electron chi connectivity index (χ3n) is 2.68. The summed E-state index contributed by atoms with van der Waals surface area (Å²) >= 11 is 0.985. The van der Waals surface area contributed by atoms with Gasteiger partial charge in [0.25, 0.3) is 5.91 Å². The van der Waals surface area contributed by atoms with Crippen LogP contribution in [0.25, 0.3) is 0 Å². The zero-order valence-electron chi connectivity index (χ0n) is 9.06. The molecule has 0 saturated carbocycles. The zero-order valence-corrected chi connectivity index (χ0v) is 9.87. The molecular formula is C9H12N4O2S. The van der Waals surface area contributed by atoms with Crippen LogP contribution in [0.5, 0.6) is 0 Å². The molecule has 0 unspecified atom stereocenters. The summed E-state index contributed by atoms with van der Waals surface area (Å²) < 4.78 is 7.68. The van der Waals surface area contributed by atoms with E-state index in [1.807, 2.05) is 0 Å². The molecule has 1 aromatic rings. The lowest BCUT2D eigenvalue weighted by Crippen LogP contribution is -2.63. The molecule has 0 atom stereocenters. The van der Waals surface area contributed by atoms with Gasteiger partial charge >= 0.3 is 0 Å². The van der Waals surface area contributed by atoms with Crippen LogP contribution in [0, 0.1) is 0 Å². The Morgan fingerprint density at radius 2 is 2.38 bits per heavy atom. The highest BCUT2D eigenvalue weighted by molar-refractivity contribution is 6.99. The standard InChI is InChI=1S/C9H12N4O2S/c1-9(2)8(15)10-3-4-13(9)7(14)6-5-11-16-12-6/h5H,3-4H2,1-2H3,(H,10,15). The first kappa shape index (κ1) is 11.0. The van der Waals surface area contributed by atoms with Gasteiger partial charge in [0, 0.05) is 13.1 Å². The summed E-state index contributed by atoms with van der Waals surface area (Å²) in [5, 5.41) is 2.74. The minimum atomic E-state index is -0.834. The van der Waals surface area contributed by atoms with Gasteiger partial charge in [0.15, 0.2) is 5.69 Å². The fourth-order valence-corrected chi connectivity index (χ4v) is 2.06. The van der Waals surface area contributed by atoms with Crippen LogP contribution in [0.15, 0.2) is 6.20 Å². The molecule has 1 aliphatic heterocycles. The molecule has 86 valence electrons. The maximum absolute atomic E-state index is 12.1. The second-order valence-electron chi connectivity index (χ2n) is 4.06. The van der Waals surface area contributed by atoms with E-state index < -0.39 is 5.54 Å². The predicted octanol–water partition coefficient (Wildman–Crippen LogP) is -0.111. The van der Waals surface area contributed by atoms with E-state index in [1.54, 1.807) is 13.8 Å². The molecule has 1 fully saturated rings. The molecule has 1 N–H and O–H groups in total. The summed E-state index contributed by atoms with van der Waals surface area (Å²) in [4.78, 5) is 25.3. The summed E-state index contributed by atoms with van der Waals surface area (Å²) in [5.74, 6) is -0.385. The van der Waals surface area contributed by atoms with E-state index in [1.165, 1.54) is 11.1 Å². The molecule has 1 aromatic heterocycles. The summed E-state index contributed by atoms with van der Waals surface area (Å²) in [5.41, 5.74) is -0.536. The van der Waals surface area contributed by atoms with Crippen LogP contribution in [0.3, 0.4) is 0 Å². The Labute approximate surface area is 97.0 Å². The Morgan fingerprint density at radius 1 is 1.62 bits per heavy atom. The maximum atomic E-state index is 12.1. The normalized spacial score (nSPS) is 19.4. The first-order valence-corrected chi connectivity index (χ1v) is 5.64. The lowest BCUT2D eigenvalue weighted by molar-refractivity contribution is -0.133. The topological polar surface area (TPSA) is 75.2 Å². The van der Waals surface area contributed by atoms with Crippen molar-refractivity contribution in [3.05, 3.63) is 11.9 Å². The average molecular weight is 240 g/mol. The third-order valence-corrected chi connectivity index (χ3v) is 3.16. The lowest BCUT2D eigenvalue weighted by atomic mass is 9.98. The van der Waals surface area contributed by atoms with Crippen LogP contribution in [-0.2, 0) is 4.79 Å². The van der Waals surface area contributed by atoms with Crippen LogP contribution < -0.4 is 5.32 Å². The van der Waals surface area contributed by atoms with Gasteiger partial charge in [0.1, 0.15) is 5.54 Å². The second-order valence-corrected chi connectivity index (χ2v) is 4.62. The lowest BCUT2D eigenvalue weighted by Gasteiger charge is -2.40. The van der Waals surface area contributed by atoms with E-state index in [0.717, 1.165) is 11.7 Å². The highest BCUT2D eigenvalue weighted by Gasteiger charge is 2.41. The minimum absolute atomic E-state index is 0.143. The van der Waals surface area contributed by atoms with Gasteiger partial charge in [-0.3, -0.25) is 9.59 Å². The Morgan fingerprint density at radius 3 is 3.00 bits per heavy atom. The van der Waals surface area contributed by atoms with E-state index in [9.17, 15) is 9.59 Å². The van der Waals surface area contributed by atoms with Crippen LogP contribution in [0.4, 0.5) is 0 Å². The SMILES string of the molecule is CC1(C)C(=O)NCCN1C(=O)c1cnsn1. The van der Waals surface area contributed by atoms with Gasteiger partial charge in [-0.2, -0.15) is 8.75 Å². The van der Waals surface area contributed by atoms with E-state index >= 15 is 0 Å². The number of rotatable bonds is 1. The van der Waals surface area contributed by atoms with Gasteiger partial charge < -0.3 is 10.2 Å². The number of amides is 2. The maximum Gasteiger partial charge on any atom is 0.276 e. The molecule has 1 saturated heterocycles. The number of nitrogens with zero attached hydrogens (tertiary/aromatic N) is 3. The van der Waals surface area contributed by atoms with Gasteiger partial charge in [-0.05, 0) is 13.8 Å². The fourth-order valence-electron chi connectivity index (χ4n) is 1.65. The van der Waals surface area contributed by atoms with Crippen LogP contribution in [0.1, 0.15) is 24.3 Å². The Kier molecular flexibility index (Phi) is 2.63. The molecule has 2 heterocycles. The number of aromatic nitrogens is 2. The minimum Gasteiger partial charge on any atom is -0.352 e. The van der Waals surface area contributed by atoms with Gasteiger partial charge in [-0.1, -0.05) is 0 Å². The number of carbonyl (C=O) groups excluding carboxylic acids is 2. The largest absolute Gasteiger partial charge is 0.352 e. The number of nitrogens with one attached hydrogen (secondary N) is 1. The molecule has 0 radical (unpaired) electrons. The fraction of sp³-hybridized carbons (Fsp3) is 0.556. The van der Waals surface area contributed by atoms with E-state index in [2.05, 4.69) is 14.1 Å². The van der Waals surface area contributed by atoms with Crippen molar-refractivity contribution < 1.29 is 9.59 Å². The van der Waals surface area contributed by atoms with E-state index in [0.29, 0.717) is 18.8 Å². The molecule has 6 nitrogen and oxygen atoms in total. The first-order valence-electron chi connectivity index (χ1n) is 4.91. The zero-order chi connectivity index (χ0) is 11.8. The van der Waals surface area contributed by atoms with E-state index in [-0.39, 0.29) is 11.8 Å². The van der Waals surface area contributed by atoms with Gasteiger partial charge in [0.2, 0.25) is 5.91 Å². The number of carbonyl (C=O) groups is 2. The molecule has 7 heteroatoms. The van der Waals surface area contributed by atoms with Crippen LogP contribution in [0.2, 0.25) is 0 Å². The van der Waals surface area contributed by atoms with Crippen molar-refractivity contribution in [2.24, 2.45) is 0 Å². The molecule has 1 aliphatic rings. The van der Waals surface area contributed by atoms with Crippen molar-refractivity contribution in [2.45, 2.75) is 19.4 Å². The third kappa shape index (κ3) is 1.67. The molecule has 2 amide bonds. The molecule has 0 aromatic carbocycles. The molecular weight excluding hydrogens is 228 g/mol. The second kappa shape index (κ2) is 3.82. The van der Waals surface area contributed by atoms with Crippen molar-refractivity contribution in [1.82, 2.24) is 19.0 Å². The number of hydrogen-bond donors (Lipinski definition) is 1. The monoisotopic (exact) mass is 240 g/mol. The average Bonchev–Trinajstić information content (AvgIpc) is 2.74. The van der Waals surface area contributed by atoms with Crippen molar-refractivity contribution in [1.29, 1.82) is 0 Å². The summed E-state index contributed by atoms with van der Waals surface area (Å²) in [6.07, 6.45) is 1.43. The molecule has 2 rings (SSSR count). The predicted molar refractivity (Wildman–Crippen MR) is 58.0 cm³/mol. The van der Waals surface area contributed by atoms with Crippen LogP contribution in [-0.4, -0.2) is 44.1 Å². The summed E-state index contributed by atoms with van der Waals surface area (Å²) in [7, 11) is 0. The smallest absolute Gasteiger partial charge is 0.276 e. The highest BCUT2D eigenvalue weighted by Crippen LogP contribution is 2.19. The molecule has 0 spiro atoms. The molecule has 0 aliphatic carbocycles. The van der Waals surface area contributed by atoms with Gasteiger partial charge in [-0.25, -0.2) is 0 Å². The van der Waals surface area contributed by atoms with Crippen molar-refractivity contribution >= 4 is 23.5 Å². The highest BCUT2D eigenvalue weighted by atomic mass is 32.1. The number of piperazine rings is 1.